The fourth-order valence-corrected chi connectivity index (χ4v) is 4.24. The SMILES string of the molecule is N#C/C(=C/c1cn(CC(=O)Nc2ccc3c(c2)OCO3)c2ccccc12)c1nc2ccccc2[nH]1. The third-order valence-electron chi connectivity index (χ3n) is 5.85. The van der Waals surface area contributed by atoms with Crippen molar-refractivity contribution in [3.63, 3.8) is 0 Å². The Kier molecular flexibility index (Phi) is 4.93. The summed E-state index contributed by atoms with van der Waals surface area (Å²) in [4.78, 5) is 20.6. The number of H-pyrrole nitrogens is 1. The maximum atomic E-state index is 12.8. The summed E-state index contributed by atoms with van der Waals surface area (Å²) >= 11 is 0. The predicted octanol–water partition coefficient (Wildman–Crippen LogP) is 4.95. The summed E-state index contributed by atoms with van der Waals surface area (Å²) in [6.07, 6.45) is 3.68. The monoisotopic (exact) mass is 461 g/mol. The Morgan fingerprint density at radius 2 is 1.94 bits per heavy atom. The summed E-state index contributed by atoms with van der Waals surface area (Å²) < 4.78 is 12.6. The average Bonchev–Trinajstić information content (AvgIpc) is 3.59. The number of ether oxygens (including phenoxy) is 2. The molecule has 0 aliphatic carbocycles. The van der Waals surface area contributed by atoms with Crippen molar-refractivity contribution in [3.05, 3.63) is 84.3 Å². The van der Waals surface area contributed by atoms with E-state index in [9.17, 15) is 10.1 Å². The van der Waals surface area contributed by atoms with Crippen LogP contribution in [0.4, 0.5) is 5.69 Å². The maximum Gasteiger partial charge on any atom is 0.244 e. The molecule has 0 fully saturated rings. The second kappa shape index (κ2) is 8.39. The Balaban J connectivity index is 1.31. The zero-order valence-electron chi connectivity index (χ0n) is 18.5. The van der Waals surface area contributed by atoms with Crippen LogP contribution in [0.25, 0.3) is 33.6 Å². The molecule has 0 atom stereocenters. The zero-order chi connectivity index (χ0) is 23.8. The normalized spacial score (nSPS) is 12.7. The van der Waals surface area contributed by atoms with Crippen molar-refractivity contribution >= 4 is 45.2 Å². The molecule has 5 aromatic rings. The average molecular weight is 461 g/mol. The molecule has 1 aliphatic heterocycles. The number of nitrogens with zero attached hydrogens (tertiary/aromatic N) is 3. The second-order valence-electron chi connectivity index (χ2n) is 8.12. The maximum absolute atomic E-state index is 12.8. The molecule has 0 radical (unpaired) electrons. The molecule has 0 saturated carbocycles. The molecule has 0 bridgehead atoms. The number of benzene rings is 3. The van der Waals surface area contributed by atoms with Gasteiger partial charge in [0.25, 0.3) is 0 Å². The highest BCUT2D eigenvalue weighted by atomic mass is 16.7. The van der Waals surface area contributed by atoms with Crippen LogP contribution in [0.2, 0.25) is 0 Å². The summed E-state index contributed by atoms with van der Waals surface area (Å²) in [6.45, 7) is 0.284. The first-order chi connectivity index (χ1) is 17.2. The van der Waals surface area contributed by atoms with Crippen LogP contribution >= 0.6 is 0 Å². The highest BCUT2D eigenvalue weighted by Crippen LogP contribution is 2.34. The summed E-state index contributed by atoms with van der Waals surface area (Å²) in [5.41, 5.74) is 4.42. The number of nitriles is 1. The van der Waals surface area contributed by atoms with Gasteiger partial charge in [-0.3, -0.25) is 4.79 Å². The van der Waals surface area contributed by atoms with Crippen LogP contribution in [0.1, 0.15) is 11.4 Å². The van der Waals surface area contributed by atoms with E-state index in [4.69, 9.17) is 9.47 Å². The fourth-order valence-electron chi connectivity index (χ4n) is 4.24. The molecule has 170 valence electrons. The highest BCUT2D eigenvalue weighted by molar-refractivity contribution is 5.99. The minimum Gasteiger partial charge on any atom is -0.454 e. The second-order valence-corrected chi connectivity index (χ2v) is 8.12. The Hall–Kier alpha value is -5.03. The third kappa shape index (κ3) is 3.85. The fraction of sp³-hybridized carbons (Fsp3) is 0.0741. The van der Waals surface area contributed by atoms with E-state index in [0.29, 0.717) is 28.6 Å². The lowest BCUT2D eigenvalue weighted by molar-refractivity contribution is -0.116. The van der Waals surface area contributed by atoms with Gasteiger partial charge in [0, 0.05) is 34.4 Å². The third-order valence-corrected chi connectivity index (χ3v) is 5.85. The van der Waals surface area contributed by atoms with E-state index in [-0.39, 0.29) is 19.2 Å². The lowest BCUT2D eigenvalue weighted by Gasteiger charge is -2.08. The quantitative estimate of drug-likeness (QED) is 0.360. The number of fused-ring (bicyclic) bond motifs is 3. The first kappa shape index (κ1) is 20.6. The smallest absolute Gasteiger partial charge is 0.244 e. The van der Waals surface area contributed by atoms with E-state index in [0.717, 1.165) is 27.5 Å². The van der Waals surface area contributed by atoms with Crippen molar-refractivity contribution < 1.29 is 14.3 Å². The van der Waals surface area contributed by atoms with Gasteiger partial charge in [0.15, 0.2) is 11.5 Å². The molecule has 2 N–H and O–H groups in total. The molecule has 6 rings (SSSR count). The Labute approximate surface area is 200 Å². The van der Waals surface area contributed by atoms with Crippen molar-refractivity contribution in [2.45, 2.75) is 6.54 Å². The number of carbonyl (C=O) groups excluding carboxylic acids is 1. The largest absolute Gasteiger partial charge is 0.454 e. The van der Waals surface area contributed by atoms with Crippen LogP contribution in [0.5, 0.6) is 11.5 Å². The van der Waals surface area contributed by atoms with Gasteiger partial charge in [0.05, 0.1) is 16.6 Å². The van der Waals surface area contributed by atoms with Crippen LogP contribution in [-0.2, 0) is 11.3 Å². The van der Waals surface area contributed by atoms with Crippen molar-refractivity contribution in [1.29, 1.82) is 5.26 Å². The molecular formula is C27H19N5O3. The standard InChI is InChI=1S/C27H19N5O3/c28-13-17(27-30-21-6-2-3-7-22(21)31-27)11-18-14-32(23-8-4-1-5-20(18)23)15-26(33)29-19-9-10-24-25(12-19)35-16-34-24/h1-12,14H,15-16H2,(H,29,33)(H,30,31)/b17-11-. The van der Waals surface area contributed by atoms with Crippen LogP contribution in [0, 0.1) is 11.3 Å². The summed E-state index contributed by atoms with van der Waals surface area (Å²) in [5.74, 6) is 1.59. The minimum atomic E-state index is -0.182. The summed E-state index contributed by atoms with van der Waals surface area (Å²) in [6, 6.07) is 23.0. The lowest BCUT2D eigenvalue weighted by atomic mass is 10.1. The molecule has 1 amide bonds. The number of amides is 1. The van der Waals surface area contributed by atoms with Crippen molar-refractivity contribution in [2.24, 2.45) is 0 Å². The first-order valence-corrected chi connectivity index (χ1v) is 11.0. The molecule has 35 heavy (non-hydrogen) atoms. The van der Waals surface area contributed by atoms with Gasteiger partial charge in [-0.25, -0.2) is 4.98 Å². The number of imidazole rings is 1. The molecule has 2 aromatic heterocycles. The van der Waals surface area contributed by atoms with Gasteiger partial charge in [-0.1, -0.05) is 30.3 Å². The van der Waals surface area contributed by atoms with E-state index in [1.54, 1.807) is 24.3 Å². The van der Waals surface area contributed by atoms with Crippen LogP contribution in [-0.4, -0.2) is 27.2 Å². The van der Waals surface area contributed by atoms with Crippen molar-refractivity contribution in [1.82, 2.24) is 14.5 Å². The molecular weight excluding hydrogens is 442 g/mol. The number of aromatic amines is 1. The predicted molar refractivity (Wildman–Crippen MR) is 133 cm³/mol. The van der Waals surface area contributed by atoms with E-state index in [1.165, 1.54) is 0 Å². The number of anilines is 1. The molecule has 0 spiro atoms. The number of rotatable bonds is 5. The van der Waals surface area contributed by atoms with Crippen LogP contribution in [0.3, 0.4) is 0 Å². The Morgan fingerprint density at radius 3 is 2.83 bits per heavy atom. The Bertz CT molecular complexity index is 1640. The van der Waals surface area contributed by atoms with E-state index in [1.807, 2.05) is 59.3 Å². The zero-order valence-corrected chi connectivity index (χ0v) is 18.5. The number of hydrogen-bond donors (Lipinski definition) is 2. The molecule has 0 unspecified atom stereocenters. The number of allylic oxidation sites excluding steroid dienone is 1. The molecule has 8 nitrogen and oxygen atoms in total. The summed E-state index contributed by atoms with van der Waals surface area (Å²) in [5, 5.41) is 13.7. The van der Waals surface area contributed by atoms with Crippen LogP contribution in [0.15, 0.2) is 72.9 Å². The number of nitrogens with one attached hydrogen (secondary N) is 2. The molecule has 8 heteroatoms. The topological polar surface area (TPSA) is 105 Å². The molecule has 3 heterocycles. The van der Waals surface area contributed by atoms with E-state index < -0.39 is 0 Å². The lowest BCUT2D eigenvalue weighted by Crippen LogP contribution is -2.18. The number of hydrogen-bond acceptors (Lipinski definition) is 5. The van der Waals surface area contributed by atoms with Gasteiger partial charge in [-0.05, 0) is 36.4 Å². The van der Waals surface area contributed by atoms with Gasteiger partial charge < -0.3 is 24.3 Å². The number of aromatic nitrogens is 3. The van der Waals surface area contributed by atoms with Gasteiger partial charge in [-0.15, -0.1) is 0 Å². The van der Waals surface area contributed by atoms with Gasteiger partial charge in [0.2, 0.25) is 12.7 Å². The highest BCUT2D eigenvalue weighted by Gasteiger charge is 2.16. The van der Waals surface area contributed by atoms with Gasteiger partial charge in [-0.2, -0.15) is 5.26 Å². The van der Waals surface area contributed by atoms with E-state index >= 15 is 0 Å². The van der Waals surface area contributed by atoms with E-state index in [2.05, 4.69) is 21.4 Å². The molecule has 3 aromatic carbocycles. The van der Waals surface area contributed by atoms with Crippen LogP contribution < -0.4 is 14.8 Å². The van der Waals surface area contributed by atoms with Gasteiger partial charge >= 0.3 is 0 Å². The molecule has 0 saturated heterocycles. The van der Waals surface area contributed by atoms with Crippen molar-refractivity contribution in [2.75, 3.05) is 12.1 Å². The number of para-hydroxylation sites is 3. The first-order valence-electron chi connectivity index (χ1n) is 11.0. The van der Waals surface area contributed by atoms with Gasteiger partial charge in [0.1, 0.15) is 18.4 Å². The summed E-state index contributed by atoms with van der Waals surface area (Å²) in [7, 11) is 0. The van der Waals surface area contributed by atoms with Crippen molar-refractivity contribution in [3.8, 4) is 17.6 Å². The minimum absolute atomic E-state index is 0.106. The molecule has 1 aliphatic rings. The number of carbonyl (C=O) groups is 1. The Morgan fingerprint density at radius 1 is 1.11 bits per heavy atom.